The predicted molar refractivity (Wildman–Crippen MR) is 70.1 cm³/mol. The van der Waals surface area contributed by atoms with E-state index in [1.165, 1.54) is 12.5 Å². The van der Waals surface area contributed by atoms with Gasteiger partial charge in [-0.3, -0.25) is 4.79 Å². The number of hydrogen-bond donors (Lipinski definition) is 1. The minimum Gasteiger partial charge on any atom is -0.481 e. The fourth-order valence-electron chi connectivity index (χ4n) is 2.27. The molecule has 0 spiro atoms. The second kappa shape index (κ2) is 5.25. The number of anilines is 1. The van der Waals surface area contributed by atoms with Gasteiger partial charge in [0.05, 0.1) is 7.11 Å². The number of nitrogens with one attached hydrogen (secondary N) is 1. The van der Waals surface area contributed by atoms with Gasteiger partial charge in [0, 0.05) is 38.5 Å². The van der Waals surface area contributed by atoms with E-state index in [4.69, 9.17) is 4.74 Å². The highest BCUT2D eigenvalue weighted by Gasteiger charge is 2.26. The van der Waals surface area contributed by atoms with Crippen LogP contribution in [0.4, 0.5) is 5.82 Å². The van der Waals surface area contributed by atoms with Crippen LogP contribution in [0, 0.1) is 0 Å². The van der Waals surface area contributed by atoms with Crippen molar-refractivity contribution in [1.29, 1.82) is 0 Å². The Morgan fingerprint density at radius 3 is 3.06 bits per heavy atom. The van der Waals surface area contributed by atoms with E-state index in [0.29, 0.717) is 18.3 Å². The molecule has 1 unspecified atom stereocenters. The first kappa shape index (κ1) is 12.7. The Labute approximate surface area is 107 Å². The van der Waals surface area contributed by atoms with Gasteiger partial charge < -0.3 is 15.0 Å². The van der Waals surface area contributed by atoms with Crippen LogP contribution < -0.4 is 15.0 Å². The molecule has 1 aliphatic rings. The summed E-state index contributed by atoms with van der Waals surface area (Å²) in [5, 5.41) is 2.81. The van der Waals surface area contributed by atoms with Crippen molar-refractivity contribution in [3.63, 3.8) is 0 Å². The van der Waals surface area contributed by atoms with E-state index in [2.05, 4.69) is 28.2 Å². The highest BCUT2D eigenvalue weighted by molar-refractivity contribution is 5.72. The van der Waals surface area contributed by atoms with Crippen molar-refractivity contribution in [3.8, 4) is 5.88 Å². The average Bonchev–Trinajstić information content (AvgIpc) is 2.65. The number of nitrogens with zero attached hydrogens (tertiary/aromatic N) is 2. The second-order valence-corrected chi connectivity index (χ2v) is 4.60. The number of carbonyl (C=O) groups is 1. The molecule has 98 valence electrons. The highest BCUT2D eigenvalue weighted by Crippen LogP contribution is 2.35. The maximum absolute atomic E-state index is 10.9. The Kier molecular flexibility index (Phi) is 3.69. The molecule has 0 aromatic carbocycles. The van der Waals surface area contributed by atoms with Gasteiger partial charge in [-0.1, -0.05) is 6.92 Å². The molecule has 5 nitrogen and oxygen atoms in total. The number of amides is 1. The summed E-state index contributed by atoms with van der Waals surface area (Å²) in [6.07, 6.45) is 0. The first-order valence-corrected chi connectivity index (χ1v) is 6.16. The molecule has 2 heterocycles. The van der Waals surface area contributed by atoms with Crippen LogP contribution in [0.15, 0.2) is 12.1 Å². The maximum atomic E-state index is 10.9. The van der Waals surface area contributed by atoms with Crippen molar-refractivity contribution in [2.24, 2.45) is 0 Å². The van der Waals surface area contributed by atoms with Gasteiger partial charge in [-0.15, -0.1) is 0 Å². The van der Waals surface area contributed by atoms with Crippen LogP contribution in [0.3, 0.4) is 0 Å². The Hall–Kier alpha value is -1.78. The second-order valence-electron chi connectivity index (χ2n) is 4.60. The molecule has 1 atom stereocenters. The highest BCUT2D eigenvalue weighted by atomic mass is 16.5. The monoisotopic (exact) mass is 249 g/mol. The number of rotatable bonds is 4. The molecule has 0 fully saturated rings. The lowest BCUT2D eigenvalue weighted by Gasteiger charge is -2.18. The standard InChI is InChI=1S/C13H19N3O2/c1-9-8-16(7-6-14-10(2)17)13-11(9)4-5-12(15-13)18-3/h4-5,9H,6-8H2,1-3H3,(H,14,17). The van der Waals surface area contributed by atoms with E-state index < -0.39 is 0 Å². The lowest BCUT2D eigenvalue weighted by atomic mass is 10.1. The summed E-state index contributed by atoms with van der Waals surface area (Å²) in [4.78, 5) is 17.5. The molecule has 1 aliphatic heterocycles. The summed E-state index contributed by atoms with van der Waals surface area (Å²) in [5.74, 6) is 2.08. The van der Waals surface area contributed by atoms with Gasteiger partial charge in [0.15, 0.2) is 0 Å². The zero-order chi connectivity index (χ0) is 13.1. The molecule has 0 aliphatic carbocycles. The van der Waals surface area contributed by atoms with Gasteiger partial charge in [-0.05, 0) is 11.6 Å². The van der Waals surface area contributed by atoms with E-state index in [9.17, 15) is 4.79 Å². The van der Waals surface area contributed by atoms with Gasteiger partial charge in [0.2, 0.25) is 11.8 Å². The van der Waals surface area contributed by atoms with Crippen LogP contribution in [0.5, 0.6) is 5.88 Å². The van der Waals surface area contributed by atoms with Gasteiger partial charge in [0.1, 0.15) is 5.82 Å². The first-order valence-electron chi connectivity index (χ1n) is 6.16. The number of pyridine rings is 1. The van der Waals surface area contributed by atoms with Crippen molar-refractivity contribution in [2.45, 2.75) is 19.8 Å². The van der Waals surface area contributed by atoms with Crippen LogP contribution in [0.25, 0.3) is 0 Å². The third-order valence-corrected chi connectivity index (χ3v) is 3.17. The number of carbonyl (C=O) groups excluding carboxylic acids is 1. The Morgan fingerprint density at radius 2 is 2.39 bits per heavy atom. The van der Waals surface area contributed by atoms with E-state index in [0.717, 1.165) is 18.9 Å². The number of fused-ring (bicyclic) bond motifs is 1. The number of methoxy groups -OCH3 is 1. The minimum absolute atomic E-state index is 0.000991. The molecule has 1 amide bonds. The van der Waals surface area contributed by atoms with Crippen molar-refractivity contribution in [3.05, 3.63) is 17.7 Å². The molecule has 1 aromatic heterocycles. The van der Waals surface area contributed by atoms with E-state index >= 15 is 0 Å². The quantitative estimate of drug-likeness (QED) is 0.869. The number of hydrogen-bond acceptors (Lipinski definition) is 4. The summed E-state index contributed by atoms with van der Waals surface area (Å²) in [7, 11) is 1.62. The van der Waals surface area contributed by atoms with Gasteiger partial charge in [-0.2, -0.15) is 4.98 Å². The fraction of sp³-hybridized carbons (Fsp3) is 0.538. The molecule has 1 N–H and O–H groups in total. The maximum Gasteiger partial charge on any atom is 0.216 e. The topological polar surface area (TPSA) is 54.5 Å². The molecule has 0 radical (unpaired) electrons. The van der Waals surface area contributed by atoms with Gasteiger partial charge >= 0.3 is 0 Å². The molecule has 1 aromatic rings. The average molecular weight is 249 g/mol. The van der Waals surface area contributed by atoms with E-state index in [-0.39, 0.29) is 5.91 Å². The normalized spacial score (nSPS) is 17.5. The van der Waals surface area contributed by atoms with Gasteiger partial charge in [-0.25, -0.2) is 0 Å². The summed E-state index contributed by atoms with van der Waals surface area (Å²) < 4.78 is 5.16. The molecular formula is C13H19N3O2. The third kappa shape index (κ3) is 2.55. The lowest BCUT2D eigenvalue weighted by Crippen LogP contribution is -2.33. The smallest absolute Gasteiger partial charge is 0.216 e. The molecule has 2 rings (SSSR count). The predicted octanol–water partition coefficient (Wildman–Crippen LogP) is 1.15. The molecule has 5 heteroatoms. The molecular weight excluding hydrogens is 230 g/mol. The van der Waals surface area contributed by atoms with E-state index in [1.54, 1.807) is 7.11 Å². The SMILES string of the molecule is COc1ccc2c(n1)N(CCNC(C)=O)CC2C. The summed E-state index contributed by atoms with van der Waals surface area (Å²) in [5.41, 5.74) is 1.25. The minimum atomic E-state index is 0.000991. The Bertz CT molecular complexity index is 448. The summed E-state index contributed by atoms with van der Waals surface area (Å²) >= 11 is 0. The van der Waals surface area contributed by atoms with Crippen molar-refractivity contribution >= 4 is 11.7 Å². The van der Waals surface area contributed by atoms with Crippen molar-refractivity contribution < 1.29 is 9.53 Å². The number of aromatic nitrogens is 1. The largest absolute Gasteiger partial charge is 0.481 e. The van der Waals surface area contributed by atoms with Crippen molar-refractivity contribution in [2.75, 3.05) is 31.6 Å². The van der Waals surface area contributed by atoms with Crippen LogP contribution in [0.1, 0.15) is 25.3 Å². The lowest BCUT2D eigenvalue weighted by molar-refractivity contribution is -0.118. The Balaban J connectivity index is 2.10. The molecule has 0 bridgehead atoms. The molecule has 0 saturated carbocycles. The van der Waals surface area contributed by atoms with E-state index in [1.807, 2.05) is 6.07 Å². The zero-order valence-electron chi connectivity index (χ0n) is 11.1. The molecule has 0 saturated heterocycles. The summed E-state index contributed by atoms with van der Waals surface area (Å²) in [6, 6.07) is 3.97. The zero-order valence-corrected chi connectivity index (χ0v) is 11.1. The number of ether oxygens (including phenoxy) is 1. The van der Waals surface area contributed by atoms with Crippen molar-refractivity contribution in [1.82, 2.24) is 10.3 Å². The van der Waals surface area contributed by atoms with Crippen LogP contribution in [-0.4, -0.2) is 37.6 Å². The van der Waals surface area contributed by atoms with Crippen LogP contribution >= 0.6 is 0 Å². The fourth-order valence-corrected chi connectivity index (χ4v) is 2.27. The first-order chi connectivity index (χ1) is 8.61. The Morgan fingerprint density at radius 1 is 1.61 bits per heavy atom. The summed E-state index contributed by atoms with van der Waals surface area (Å²) in [6.45, 7) is 6.07. The van der Waals surface area contributed by atoms with Crippen LogP contribution in [0.2, 0.25) is 0 Å². The van der Waals surface area contributed by atoms with Crippen LogP contribution in [-0.2, 0) is 4.79 Å². The molecule has 18 heavy (non-hydrogen) atoms. The van der Waals surface area contributed by atoms with Gasteiger partial charge in [0.25, 0.3) is 0 Å². The third-order valence-electron chi connectivity index (χ3n) is 3.17.